The molecule has 1 aliphatic rings. The van der Waals surface area contributed by atoms with Crippen LogP contribution in [0.4, 0.5) is 4.39 Å². The Morgan fingerprint density at radius 3 is 2.24 bits per heavy atom. The topological polar surface area (TPSA) is 37.4 Å². The second-order valence-corrected chi connectivity index (χ2v) is 6.76. The second-order valence-electron chi connectivity index (χ2n) is 6.76. The lowest BCUT2D eigenvalue weighted by molar-refractivity contribution is -0.124. The highest BCUT2D eigenvalue weighted by Crippen LogP contribution is 2.36. The number of benzene rings is 2. The van der Waals surface area contributed by atoms with Gasteiger partial charge in [0, 0.05) is 18.7 Å². The quantitative estimate of drug-likeness (QED) is 0.850. The van der Waals surface area contributed by atoms with Gasteiger partial charge in [0.25, 0.3) is 5.91 Å². The number of carbonyl (C=O) groups excluding carboxylic acids is 2. The first-order valence-electron chi connectivity index (χ1n) is 8.56. The van der Waals surface area contributed by atoms with E-state index in [1.165, 1.54) is 6.07 Å². The van der Waals surface area contributed by atoms with Crippen LogP contribution in [-0.2, 0) is 10.2 Å². The van der Waals surface area contributed by atoms with Crippen molar-refractivity contribution in [1.29, 1.82) is 0 Å². The molecule has 1 aliphatic heterocycles. The van der Waals surface area contributed by atoms with Crippen molar-refractivity contribution in [3.63, 3.8) is 0 Å². The lowest BCUT2D eigenvalue weighted by Gasteiger charge is -2.40. The molecule has 0 spiro atoms. The largest absolute Gasteiger partial charge is 0.339 e. The van der Waals surface area contributed by atoms with Crippen molar-refractivity contribution in [2.75, 3.05) is 13.1 Å². The summed E-state index contributed by atoms with van der Waals surface area (Å²) in [5.74, 6) is -0.415. The molecular weight excluding hydrogens is 317 g/mol. The number of Topliss-reactive ketones (excluding diaryl/α,β-unsaturated/α-hetero) is 1. The van der Waals surface area contributed by atoms with Crippen LogP contribution in [0.1, 0.15) is 41.3 Å². The van der Waals surface area contributed by atoms with Crippen molar-refractivity contribution in [3.8, 4) is 0 Å². The fourth-order valence-electron chi connectivity index (χ4n) is 3.60. The smallest absolute Gasteiger partial charge is 0.253 e. The number of aryl methyl sites for hydroxylation is 1. The molecule has 0 radical (unpaired) electrons. The van der Waals surface area contributed by atoms with Gasteiger partial charge in [0.05, 0.1) is 5.41 Å². The number of halogens is 1. The molecule has 1 saturated heterocycles. The minimum absolute atomic E-state index is 0.132. The van der Waals surface area contributed by atoms with Gasteiger partial charge in [0.1, 0.15) is 11.6 Å². The number of rotatable bonds is 3. The summed E-state index contributed by atoms with van der Waals surface area (Å²) in [6, 6.07) is 14.3. The highest BCUT2D eigenvalue weighted by Gasteiger charge is 2.41. The number of likely N-dealkylation sites (tertiary alicyclic amines) is 1. The van der Waals surface area contributed by atoms with E-state index in [4.69, 9.17) is 0 Å². The van der Waals surface area contributed by atoms with E-state index in [9.17, 15) is 14.0 Å². The molecule has 0 N–H and O–H groups in total. The van der Waals surface area contributed by atoms with Gasteiger partial charge >= 0.3 is 0 Å². The molecule has 3 nitrogen and oxygen atoms in total. The molecule has 0 unspecified atom stereocenters. The SMILES string of the molecule is CC(=O)C1(c2ccccc2)CCN(C(=O)c2ccc(C)c(F)c2)CC1. The number of ketones is 1. The average Bonchev–Trinajstić information content (AvgIpc) is 2.64. The van der Waals surface area contributed by atoms with Crippen LogP contribution in [0.5, 0.6) is 0 Å². The predicted octanol–water partition coefficient (Wildman–Crippen LogP) is 3.90. The first-order chi connectivity index (χ1) is 11.9. The third kappa shape index (κ3) is 3.21. The average molecular weight is 339 g/mol. The lowest BCUT2D eigenvalue weighted by Crippen LogP contribution is -2.48. The maximum Gasteiger partial charge on any atom is 0.253 e. The van der Waals surface area contributed by atoms with Gasteiger partial charge in [0.2, 0.25) is 0 Å². The first kappa shape index (κ1) is 17.3. The zero-order valence-corrected chi connectivity index (χ0v) is 14.6. The summed E-state index contributed by atoms with van der Waals surface area (Å²) >= 11 is 0. The van der Waals surface area contributed by atoms with Crippen LogP contribution < -0.4 is 0 Å². The Balaban J connectivity index is 1.79. The Kier molecular flexibility index (Phi) is 4.71. The van der Waals surface area contributed by atoms with Gasteiger partial charge in [-0.25, -0.2) is 4.39 Å². The number of hydrogen-bond donors (Lipinski definition) is 0. The zero-order valence-electron chi connectivity index (χ0n) is 14.6. The van der Waals surface area contributed by atoms with E-state index in [-0.39, 0.29) is 17.5 Å². The van der Waals surface area contributed by atoms with Crippen LogP contribution in [0.25, 0.3) is 0 Å². The van der Waals surface area contributed by atoms with Gasteiger partial charge in [-0.2, -0.15) is 0 Å². The second kappa shape index (κ2) is 6.79. The summed E-state index contributed by atoms with van der Waals surface area (Å²) in [4.78, 5) is 26.8. The standard InChI is InChI=1S/C21H22FNO2/c1-15-8-9-17(14-19(15)22)20(25)23-12-10-21(11-13-23,16(2)24)18-6-4-3-5-7-18/h3-9,14H,10-13H2,1-2H3. The van der Waals surface area contributed by atoms with Gasteiger partial charge in [-0.1, -0.05) is 36.4 Å². The Bertz CT molecular complexity index is 793. The van der Waals surface area contributed by atoms with Crippen LogP contribution in [0, 0.1) is 12.7 Å². The maximum absolute atomic E-state index is 13.7. The van der Waals surface area contributed by atoms with Crippen molar-refractivity contribution >= 4 is 11.7 Å². The van der Waals surface area contributed by atoms with E-state index in [0.29, 0.717) is 37.1 Å². The molecule has 25 heavy (non-hydrogen) atoms. The lowest BCUT2D eigenvalue weighted by atomic mass is 9.70. The first-order valence-corrected chi connectivity index (χ1v) is 8.56. The van der Waals surface area contributed by atoms with Crippen molar-refractivity contribution in [2.24, 2.45) is 0 Å². The zero-order chi connectivity index (χ0) is 18.0. The Labute approximate surface area is 147 Å². The Morgan fingerprint density at radius 1 is 1.04 bits per heavy atom. The summed E-state index contributed by atoms with van der Waals surface area (Å²) in [5.41, 5.74) is 1.36. The van der Waals surface area contributed by atoms with Crippen molar-refractivity contribution in [2.45, 2.75) is 32.1 Å². The third-order valence-corrected chi connectivity index (χ3v) is 5.32. The predicted molar refractivity (Wildman–Crippen MR) is 95.1 cm³/mol. The number of amides is 1. The van der Waals surface area contributed by atoms with Crippen LogP contribution in [0.2, 0.25) is 0 Å². The molecule has 1 fully saturated rings. The molecule has 3 rings (SSSR count). The number of nitrogens with zero attached hydrogens (tertiary/aromatic N) is 1. The molecule has 2 aromatic carbocycles. The molecule has 0 atom stereocenters. The summed E-state index contributed by atoms with van der Waals surface area (Å²) in [7, 11) is 0. The van der Waals surface area contributed by atoms with Crippen LogP contribution >= 0.6 is 0 Å². The summed E-state index contributed by atoms with van der Waals surface area (Å²) in [6.07, 6.45) is 1.18. The van der Waals surface area contributed by atoms with Gasteiger partial charge in [0.15, 0.2) is 0 Å². The highest BCUT2D eigenvalue weighted by atomic mass is 19.1. The van der Waals surface area contributed by atoms with E-state index < -0.39 is 5.41 Å². The van der Waals surface area contributed by atoms with E-state index >= 15 is 0 Å². The molecule has 1 heterocycles. The minimum Gasteiger partial charge on any atom is -0.339 e. The highest BCUT2D eigenvalue weighted by molar-refractivity contribution is 5.95. The number of piperidine rings is 1. The molecule has 130 valence electrons. The molecule has 1 amide bonds. The third-order valence-electron chi connectivity index (χ3n) is 5.32. The molecule has 0 aliphatic carbocycles. The molecular formula is C21H22FNO2. The van der Waals surface area contributed by atoms with Crippen LogP contribution in [0.3, 0.4) is 0 Å². The van der Waals surface area contributed by atoms with Gasteiger partial charge in [-0.3, -0.25) is 9.59 Å². The molecule has 0 saturated carbocycles. The number of carbonyl (C=O) groups is 2. The normalized spacial score (nSPS) is 16.5. The summed E-state index contributed by atoms with van der Waals surface area (Å²) in [5, 5.41) is 0. The monoisotopic (exact) mass is 339 g/mol. The van der Waals surface area contributed by atoms with Crippen LogP contribution in [0.15, 0.2) is 48.5 Å². The number of hydrogen-bond acceptors (Lipinski definition) is 2. The molecule has 4 heteroatoms. The Hall–Kier alpha value is -2.49. The Morgan fingerprint density at radius 2 is 1.68 bits per heavy atom. The van der Waals surface area contributed by atoms with Gasteiger partial charge < -0.3 is 4.90 Å². The van der Waals surface area contributed by atoms with E-state index in [1.807, 2.05) is 30.3 Å². The van der Waals surface area contributed by atoms with Crippen molar-refractivity contribution in [3.05, 3.63) is 71.0 Å². The summed E-state index contributed by atoms with van der Waals surface area (Å²) < 4.78 is 13.7. The molecule has 0 bridgehead atoms. The van der Waals surface area contributed by atoms with E-state index in [0.717, 1.165) is 5.56 Å². The van der Waals surface area contributed by atoms with Crippen molar-refractivity contribution < 1.29 is 14.0 Å². The maximum atomic E-state index is 13.7. The van der Waals surface area contributed by atoms with E-state index in [2.05, 4.69) is 0 Å². The van der Waals surface area contributed by atoms with E-state index in [1.54, 1.807) is 30.9 Å². The summed E-state index contributed by atoms with van der Waals surface area (Å²) in [6.45, 7) is 4.27. The fraction of sp³-hybridized carbons (Fsp3) is 0.333. The van der Waals surface area contributed by atoms with Gasteiger partial charge in [-0.05, 0) is 49.9 Å². The molecule has 2 aromatic rings. The van der Waals surface area contributed by atoms with Crippen molar-refractivity contribution in [1.82, 2.24) is 4.90 Å². The van der Waals surface area contributed by atoms with Crippen LogP contribution in [-0.4, -0.2) is 29.7 Å². The molecule has 0 aromatic heterocycles. The fourth-order valence-corrected chi connectivity index (χ4v) is 3.60. The minimum atomic E-state index is -0.531. The van der Waals surface area contributed by atoms with Gasteiger partial charge in [-0.15, -0.1) is 0 Å².